The lowest BCUT2D eigenvalue weighted by Crippen LogP contribution is -2.38. The number of hydrogen-bond donors (Lipinski definition) is 1. The molecule has 0 spiro atoms. The maximum absolute atomic E-state index is 12.4. The molecular formula is C18H21N3O8. The van der Waals surface area contributed by atoms with Gasteiger partial charge in [0.2, 0.25) is 5.75 Å². The van der Waals surface area contributed by atoms with E-state index >= 15 is 0 Å². The number of carbonyl (C=O) groups is 2. The Morgan fingerprint density at radius 2 is 1.62 bits per heavy atom. The zero-order valence-corrected chi connectivity index (χ0v) is 16.6. The predicted octanol–water partition coefficient (Wildman–Crippen LogP) is -0.0947. The second-order valence-electron chi connectivity index (χ2n) is 5.77. The van der Waals surface area contributed by atoms with Crippen molar-refractivity contribution < 1.29 is 28.5 Å². The van der Waals surface area contributed by atoms with Crippen molar-refractivity contribution in [3.05, 3.63) is 44.6 Å². The van der Waals surface area contributed by atoms with Gasteiger partial charge in [-0.2, -0.15) is 0 Å². The summed E-state index contributed by atoms with van der Waals surface area (Å²) in [6, 6.07) is 3.98. The van der Waals surface area contributed by atoms with Crippen molar-refractivity contribution in [1.29, 1.82) is 0 Å². The van der Waals surface area contributed by atoms with E-state index < -0.39 is 29.7 Å². The van der Waals surface area contributed by atoms with E-state index in [2.05, 4.69) is 5.32 Å². The molecule has 1 amide bonds. The number of amides is 1. The molecule has 0 atom stereocenters. The summed E-state index contributed by atoms with van der Waals surface area (Å²) in [6.07, 6.45) is 0. The summed E-state index contributed by atoms with van der Waals surface area (Å²) in [7, 11) is 6.87. The molecule has 2 rings (SSSR count). The number of nitrogens with zero attached hydrogens (tertiary/aromatic N) is 2. The Kier molecular flexibility index (Phi) is 6.65. The fraction of sp³-hybridized carbons (Fsp3) is 0.333. The van der Waals surface area contributed by atoms with Crippen LogP contribution in [0.3, 0.4) is 0 Å². The minimum absolute atomic E-state index is 0.0251. The SMILES string of the molecule is COc1ccc(C(=O)OCC(=O)Nc2cc(=O)n(C)c(=O)n2C)c(OC)c1OC. The molecule has 11 nitrogen and oxygen atoms in total. The molecule has 0 fully saturated rings. The molecule has 0 saturated carbocycles. The standard InChI is InChI=1S/C18H21N3O8/c1-20-12(8-14(23)21(2)18(20)25)19-13(22)9-29-17(24)10-6-7-11(26-3)16(28-5)15(10)27-4/h6-8H,9H2,1-5H3,(H,19,22). The summed E-state index contributed by atoms with van der Waals surface area (Å²) < 4.78 is 22.5. The van der Waals surface area contributed by atoms with Gasteiger partial charge < -0.3 is 24.3 Å². The number of nitrogens with one attached hydrogen (secondary N) is 1. The zero-order chi connectivity index (χ0) is 21.7. The van der Waals surface area contributed by atoms with E-state index in [1.165, 1.54) is 47.6 Å². The van der Waals surface area contributed by atoms with Crippen molar-refractivity contribution in [3.63, 3.8) is 0 Å². The van der Waals surface area contributed by atoms with Crippen molar-refractivity contribution in [2.24, 2.45) is 14.1 Å². The first kappa shape index (κ1) is 21.5. The Morgan fingerprint density at radius 3 is 2.21 bits per heavy atom. The summed E-state index contributed by atoms with van der Waals surface area (Å²) in [6.45, 7) is -0.653. The molecule has 1 heterocycles. The molecule has 29 heavy (non-hydrogen) atoms. The fourth-order valence-electron chi connectivity index (χ4n) is 2.50. The topological polar surface area (TPSA) is 127 Å². The molecule has 0 aliphatic carbocycles. The third-order valence-corrected chi connectivity index (χ3v) is 4.05. The number of ether oxygens (including phenoxy) is 4. The Labute approximate surface area is 165 Å². The smallest absolute Gasteiger partial charge is 0.342 e. The van der Waals surface area contributed by atoms with Gasteiger partial charge in [0.25, 0.3) is 11.5 Å². The highest BCUT2D eigenvalue weighted by Crippen LogP contribution is 2.39. The second kappa shape index (κ2) is 8.95. The van der Waals surface area contributed by atoms with Gasteiger partial charge in [0.1, 0.15) is 11.4 Å². The number of methoxy groups -OCH3 is 3. The molecule has 0 radical (unpaired) electrons. The summed E-state index contributed by atoms with van der Waals surface area (Å²) in [5, 5.41) is 2.35. The third-order valence-electron chi connectivity index (χ3n) is 4.05. The number of benzene rings is 1. The minimum Gasteiger partial charge on any atom is -0.493 e. The maximum atomic E-state index is 12.4. The van der Waals surface area contributed by atoms with Crippen LogP contribution >= 0.6 is 0 Å². The van der Waals surface area contributed by atoms with Gasteiger partial charge in [0.05, 0.1) is 21.3 Å². The van der Waals surface area contributed by atoms with E-state index in [4.69, 9.17) is 18.9 Å². The first-order valence-electron chi connectivity index (χ1n) is 8.28. The van der Waals surface area contributed by atoms with Gasteiger partial charge in [-0.3, -0.25) is 18.7 Å². The molecular weight excluding hydrogens is 386 g/mol. The predicted molar refractivity (Wildman–Crippen MR) is 102 cm³/mol. The Bertz CT molecular complexity index is 1050. The number of esters is 1. The number of carbonyl (C=O) groups excluding carboxylic acids is 2. The quantitative estimate of drug-likeness (QED) is 0.631. The lowest BCUT2D eigenvalue weighted by Gasteiger charge is -2.15. The van der Waals surface area contributed by atoms with Crippen LogP contribution in [0.5, 0.6) is 17.2 Å². The highest BCUT2D eigenvalue weighted by molar-refractivity contribution is 5.97. The van der Waals surface area contributed by atoms with E-state index in [-0.39, 0.29) is 22.9 Å². The Hall–Kier alpha value is -3.76. The summed E-state index contributed by atoms with van der Waals surface area (Å²) in [5.74, 6) is -0.958. The van der Waals surface area contributed by atoms with Gasteiger partial charge in [-0.1, -0.05) is 0 Å². The third kappa shape index (κ3) is 4.39. The summed E-state index contributed by atoms with van der Waals surface area (Å²) in [5.41, 5.74) is -1.17. The van der Waals surface area contributed by atoms with Gasteiger partial charge >= 0.3 is 11.7 Å². The molecule has 1 aromatic heterocycles. The maximum Gasteiger partial charge on any atom is 0.342 e. The van der Waals surface area contributed by atoms with E-state index in [1.807, 2.05) is 0 Å². The molecule has 2 aromatic rings. The molecule has 1 aromatic carbocycles. The highest BCUT2D eigenvalue weighted by atomic mass is 16.5. The van der Waals surface area contributed by atoms with E-state index in [1.54, 1.807) is 0 Å². The van der Waals surface area contributed by atoms with Crippen molar-refractivity contribution in [1.82, 2.24) is 9.13 Å². The van der Waals surface area contributed by atoms with Crippen LogP contribution in [0.4, 0.5) is 5.82 Å². The van der Waals surface area contributed by atoms with Crippen LogP contribution in [0.25, 0.3) is 0 Å². The molecule has 11 heteroatoms. The number of anilines is 1. The van der Waals surface area contributed by atoms with Crippen LogP contribution in [0.1, 0.15) is 10.4 Å². The largest absolute Gasteiger partial charge is 0.493 e. The number of aromatic nitrogens is 2. The first-order valence-corrected chi connectivity index (χ1v) is 8.28. The Morgan fingerprint density at radius 1 is 0.966 bits per heavy atom. The molecule has 0 bridgehead atoms. The van der Waals surface area contributed by atoms with Crippen molar-refractivity contribution in [2.75, 3.05) is 33.3 Å². The van der Waals surface area contributed by atoms with Crippen LogP contribution < -0.4 is 30.8 Å². The minimum atomic E-state index is -0.837. The van der Waals surface area contributed by atoms with Gasteiger partial charge in [0.15, 0.2) is 18.1 Å². The van der Waals surface area contributed by atoms with Crippen molar-refractivity contribution in [3.8, 4) is 17.2 Å². The van der Waals surface area contributed by atoms with Crippen molar-refractivity contribution in [2.45, 2.75) is 0 Å². The monoisotopic (exact) mass is 407 g/mol. The zero-order valence-electron chi connectivity index (χ0n) is 16.6. The van der Waals surface area contributed by atoms with Gasteiger partial charge in [-0.15, -0.1) is 0 Å². The average Bonchev–Trinajstić information content (AvgIpc) is 2.72. The summed E-state index contributed by atoms with van der Waals surface area (Å²) >= 11 is 0. The van der Waals surface area contributed by atoms with Crippen LogP contribution in [-0.4, -0.2) is 48.9 Å². The molecule has 0 unspecified atom stereocenters. The molecule has 0 aliphatic rings. The fourth-order valence-corrected chi connectivity index (χ4v) is 2.50. The van der Waals surface area contributed by atoms with E-state index in [0.29, 0.717) is 5.75 Å². The molecule has 0 aliphatic heterocycles. The lowest BCUT2D eigenvalue weighted by atomic mass is 10.1. The van der Waals surface area contributed by atoms with Crippen LogP contribution in [0.15, 0.2) is 27.8 Å². The number of rotatable bonds is 7. The number of hydrogen-bond acceptors (Lipinski definition) is 8. The molecule has 0 saturated heterocycles. The first-order chi connectivity index (χ1) is 13.7. The normalized spacial score (nSPS) is 10.2. The van der Waals surface area contributed by atoms with Crippen LogP contribution in [-0.2, 0) is 23.6 Å². The molecule has 156 valence electrons. The second-order valence-corrected chi connectivity index (χ2v) is 5.77. The lowest BCUT2D eigenvalue weighted by molar-refractivity contribution is -0.119. The van der Waals surface area contributed by atoms with Gasteiger partial charge in [-0.25, -0.2) is 9.59 Å². The van der Waals surface area contributed by atoms with Gasteiger partial charge in [-0.05, 0) is 12.1 Å². The molecule has 1 N–H and O–H groups in total. The van der Waals surface area contributed by atoms with Crippen molar-refractivity contribution >= 4 is 17.7 Å². The van der Waals surface area contributed by atoms with E-state index in [0.717, 1.165) is 15.2 Å². The van der Waals surface area contributed by atoms with Crippen LogP contribution in [0, 0.1) is 0 Å². The van der Waals surface area contributed by atoms with E-state index in [9.17, 15) is 19.2 Å². The van der Waals surface area contributed by atoms with Crippen LogP contribution in [0.2, 0.25) is 0 Å². The van der Waals surface area contributed by atoms with Gasteiger partial charge in [0, 0.05) is 20.2 Å². The summed E-state index contributed by atoms with van der Waals surface area (Å²) in [4.78, 5) is 48.1. The average molecular weight is 407 g/mol. The highest BCUT2D eigenvalue weighted by Gasteiger charge is 2.22. The Balaban J connectivity index is 2.15.